The lowest BCUT2D eigenvalue weighted by Gasteiger charge is -2.20. The highest BCUT2D eigenvalue weighted by atomic mass is 32.2. The van der Waals surface area contributed by atoms with Gasteiger partial charge in [-0.25, -0.2) is 13.1 Å². The summed E-state index contributed by atoms with van der Waals surface area (Å²) in [6.45, 7) is 2.06. The van der Waals surface area contributed by atoms with Gasteiger partial charge in [0.2, 0.25) is 10.0 Å². The van der Waals surface area contributed by atoms with E-state index in [1.54, 1.807) is 0 Å². The van der Waals surface area contributed by atoms with Crippen LogP contribution in [0.25, 0.3) is 10.8 Å². The van der Waals surface area contributed by atoms with Gasteiger partial charge >= 0.3 is 0 Å². The van der Waals surface area contributed by atoms with Crippen molar-refractivity contribution in [3.8, 4) is 0 Å². The number of nitrogens with zero attached hydrogens (tertiary/aromatic N) is 1. The summed E-state index contributed by atoms with van der Waals surface area (Å²) in [6.07, 6.45) is 1.15. The first-order valence-electron chi connectivity index (χ1n) is 8.75. The molecule has 2 heterocycles. The fourth-order valence-corrected chi connectivity index (χ4v) is 4.46. The summed E-state index contributed by atoms with van der Waals surface area (Å²) in [5, 5.41) is 2.15. The number of hydrogen-bond acceptors (Lipinski definition) is 4. The summed E-state index contributed by atoms with van der Waals surface area (Å²) >= 11 is 0. The lowest BCUT2D eigenvalue weighted by Crippen LogP contribution is -2.35. The Morgan fingerprint density at radius 1 is 1.19 bits per heavy atom. The lowest BCUT2D eigenvalue weighted by atomic mass is 9.93. The fourth-order valence-electron chi connectivity index (χ4n) is 3.94. The molecule has 0 aromatic heterocycles. The summed E-state index contributed by atoms with van der Waals surface area (Å²) in [5.74, 6) is 0.279. The van der Waals surface area contributed by atoms with Crippen LogP contribution in [0.3, 0.4) is 0 Å². The molecule has 4 rings (SSSR count). The molecule has 0 radical (unpaired) electrons. The fraction of sp³-hybridized carbons (Fsp3) is 0.421. The molecule has 2 aliphatic rings. The van der Waals surface area contributed by atoms with E-state index in [-0.39, 0.29) is 23.8 Å². The van der Waals surface area contributed by atoms with Gasteiger partial charge < -0.3 is 9.64 Å². The highest BCUT2D eigenvalue weighted by molar-refractivity contribution is 7.88. The number of amides is 1. The molecular weight excluding hydrogens is 352 g/mol. The third kappa shape index (κ3) is 3.47. The van der Waals surface area contributed by atoms with Gasteiger partial charge in [-0.05, 0) is 22.9 Å². The van der Waals surface area contributed by atoms with Crippen LogP contribution in [0.1, 0.15) is 10.4 Å². The third-order valence-corrected chi connectivity index (χ3v) is 6.02. The number of likely N-dealkylation sites (tertiary alicyclic amines) is 1. The maximum absolute atomic E-state index is 12.9. The maximum Gasteiger partial charge on any atom is 0.253 e. The molecule has 1 amide bonds. The Kier molecular flexibility index (Phi) is 4.46. The zero-order chi connectivity index (χ0) is 18.3. The lowest BCUT2D eigenvalue weighted by molar-refractivity contribution is 0.0679. The molecule has 0 saturated carbocycles. The Hall–Kier alpha value is -1.96. The van der Waals surface area contributed by atoms with Crippen LogP contribution in [0, 0.1) is 11.8 Å². The van der Waals surface area contributed by atoms with Gasteiger partial charge in [-0.3, -0.25) is 4.79 Å². The van der Waals surface area contributed by atoms with Crippen molar-refractivity contribution in [3.05, 3.63) is 48.0 Å². The number of fused-ring (bicyclic) bond motifs is 2. The van der Waals surface area contributed by atoms with Crippen molar-refractivity contribution in [2.75, 3.05) is 32.5 Å². The smallest absolute Gasteiger partial charge is 0.253 e. The average Bonchev–Trinajstić information content (AvgIpc) is 3.19. The van der Waals surface area contributed by atoms with Gasteiger partial charge in [-0.15, -0.1) is 0 Å². The van der Waals surface area contributed by atoms with Crippen LogP contribution in [0.2, 0.25) is 0 Å². The number of carbonyl (C=O) groups is 1. The predicted octanol–water partition coefficient (Wildman–Crippen LogP) is 1.48. The summed E-state index contributed by atoms with van der Waals surface area (Å²) < 4.78 is 31.0. The van der Waals surface area contributed by atoms with Crippen molar-refractivity contribution < 1.29 is 17.9 Å². The average molecular weight is 374 g/mol. The van der Waals surface area contributed by atoms with E-state index < -0.39 is 10.0 Å². The van der Waals surface area contributed by atoms with Gasteiger partial charge in [0.05, 0.1) is 19.0 Å². The van der Waals surface area contributed by atoms with Gasteiger partial charge in [0.1, 0.15) is 0 Å². The Morgan fingerprint density at radius 2 is 1.96 bits per heavy atom. The summed E-state index contributed by atoms with van der Waals surface area (Å²) in [4.78, 5) is 14.7. The molecule has 2 fully saturated rings. The van der Waals surface area contributed by atoms with Crippen molar-refractivity contribution >= 4 is 26.7 Å². The number of ether oxygens (including phenoxy) is 1. The van der Waals surface area contributed by atoms with E-state index in [2.05, 4.69) is 4.72 Å². The van der Waals surface area contributed by atoms with Crippen molar-refractivity contribution in [1.29, 1.82) is 0 Å². The van der Waals surface area contributed by atoms with Gasteiger partial charge in [0, 0.05) is 37.0 Å². The standard InChI is InChI=1S/C19H22N2O4S/c1-26(23,24)20-9-16-12-25-18-11-21(10-17(16)18)19(22)15-7-6-13-4-2-3-5-14(13)8-15/h2-8,16-18,20H,9-12H2,1H3/t16-,17+,18+/m1/s1. The van der Waals surface area contributed by atoms with Crippen LogP contribution in [0.15, 0.2) is 42.5 Å². The molecule has 1 N–H and O–H groups in total. The summed E-state index contributed by atoms with van der Waals surface area (Å²) in [7, 11) is -3.22. The van der Waals surface area contributed by atoms with Crippen molar-refractivity contribution in [1.82, 2.24) is 9.62 Å². The summed E-state index contributed by atoms with van der Waals surface area (Å²) in [6, 6.07) is 13.7. The molecule has 138 valence electrons. The Bertz CT molecular complexity index is 943. The number of rotatable bonds is 4. The third-order valence-electron chi connectivity index (χ3n) is 5.33. The first kappa shape index (κ1) is 17.5. The molecule has 7 heteroatoms. The molecule has 26 heavy (non-hydrogen) atoms. The molecule has 2 aromatic carbocycles. The minimum atomic E-state index is -3.22. The molecule has 0 spiro atoms. The molecule has 0 bridgehead atoms. The molecule has 2 aromatic rings. The van der Waals surface area contributed by atoms with Crippen LogP contribution in [0.4, 0.5) is 0 Å². The number of carbonyl (C=O) groups excluding carboxylic acids is 1. The van der Waals surface area contributed by atoms with E-state index in [0.717, 1.165) is 17.0 Å². The largest absolute Gasteiger partial charge is 0.376 e. The highest BCUT2D eigenvalue weighted by Gasteiger charge is 2.45. The number of nitrogens with one attached hydrogen (secondary N) is 1. The topological polar surface area (TPSA) is 75.7 Å². The Labute approximate surface area is 153 Å². The molecule has 0 aliphatic carbocycles. The number of hydrogen-bond donors (Lipinski definition) is 1. The number of sulfonamides is 1. The van der Waals surface area contributed by atoms with Crippen LogP contribution < -0.4 is 4.72 Å². The second kappa shape index (κ2) is 6.64. The van der Waals surface area contributed by atoms with Gasteiger partial charge in [0.25, 0.3) is 5.91 Å². The maximum atomic E-state index is 12.9. The molecular formula is C19H22N2O4S. The second-order valence-corrected chi connectivity index (χ2v) is 9.02. The highest BCUT2D eigenvalue weighted by Crippen LogP contribution is 2.34. The molecule has 6 nitrogen and oxygen atoms in total. The van der Waals surface area contributed by atoms with E-state index in [9.17, 15) is 13.2 Å². The van der Waals surface area contributed by atoms with E-state index in [4.69, 9.17) is 4.74 Å². The zero-order valence-corrected chi connectivity index (χ0v) is 15.4. The van der Waals surface area contributed by atoms with Crippen LogP contribution in [0.5, 0.6) is 0 Å². The number of benzene rings is 2. The molecule has 2 aliphatic heterocycles. The zero-order valence-electron chi connectivity index (χ0n) is 14.6. The van der Waals surface area contributed by atoms with Crippen LogP contribution in [-0.2, 0) is 14.8 Å². The predicted molar refractivity (Wildman–Crippen MR) is 99.4 cm³/mol. The van der Waals surface area contributed by atoms with Crippen molar-refractivity contribution in [3.63, 3.8) is 0 Å². The Morgan fingerprint density at radius 3 is 2.73 bits per heavy atom. The Balaban J connectivity index is 1.46. The quantitative estimate of drug-likeness (QED) is 0.880. The monoisotopic (exact) mass is 374 g/mol. The summed E-state index contributed by atoms with van der Waals surface area (Å²) in [5.41, 5.74) is 0.675. The van der Waals surface area contributed by atoms with E-state index in [1.165, 1.54) is 0 Å². The second-order valence-electron chi connectivity index (χ2n) is 7.19. The molecule has 0 unspecified atom stereocenters. The van der Waals surface area contributed by atoms with Gasteiger partial charge in [0.15, 0.2) is 0 Å². The first-order valence-corrected chi connectivity index (χ1v) is 10.6. The van der Waals surface area contributed by atoms with Gasteiger partial charge in [-0.1, -0.05) is 30.3 Å². The van der Waals surface area contributed by atoms with Gasteiger partial charge in [-0.2, -0.15) is 0 Å². The van der Waals surface area contributed by atoms with Crippen molar-refractivity contribution in [2.45, 2.75) is 6.10 Å². The van der Waals surface area contributed by atoms with E-state index in [1.807, 2.05) is 47.4 Å². The van der Waals surface area contributed by atoms with E-state index in [0.29, 0.717) is 31.8 Å². The first-order chi connectivity index (χ1) is 12.4. The van der Waals surface area contributed by atoms with Crippen LogP contribution >= 0.6 is 0 Å². The molecule has 2 saturated heterocycles. The van der Waals surface area contributed by atoms with Crippen molar-refractivity contribution in [2.24, 2.45) is 11.8 Å². The minimum absolute atomic E-state index is 0.00331. The van der Waals surface area contributed by atoms with E-state index >= 15 is 0 Å². The normalized spacial score (nSPS) is 25.6. The van der Waals surface area contributed by atoms with Crippen LogP contribution in [-0.4, -0.2) is 57.8 Å². The SMILES string of the molecule is CS(=O)(=O)NC[C@@H]1CO[C@H]2CN(C(=O)c3ccc4ccccc4c3)C[C@@H]12. The molecule has 3 atom stereocenters. The minimum Gasteiger partial charge on any atom is -0.376 e.